The monoisotopic (exact) mass is 622 g/mol. The van der Waals surface area contributed by atoms with Gasteiger partial charge in [-0.15, -0.1) is 29.3 Å². The van der Waals surface area contributed by atoms with Crippen molar-refractivity contribution in [2.75, 3.05) is 0 Å². The van der Waals surface area contributed by atoms with Crippen molar-refractivity contribution in [3.8, 4) is 0 Å². The first-order valence-corrected chi connectivity index (χ1v) is 14.1. The molecule has 0 spiro atoms. The van der Waals surface area contributed by atoms with Crippen LogP contribution in [0.4, 0.5) is 0 Å². The van der Waals surface area contributed by atoms with Crippen LogP contribution in [0.5, 0.6) is 0 Å². The van der Waals surface area contributed by atoms with Crippen molar-refractivity contribution in [3.05, 3.63) is 75.6 Å². The molecule has 4 aromatic rings. The summed E-state index contributed by atoms with van der Waals surface area (Å²) in [5.74, 6) is -2.11. The van der Waals surface area contributed by atoms with Crippen LogP contribution < -0.4 is 24.0 Å². The number of aromatic carboxylic acids is 2. The van der Waals surface area contributed by atoms with Gasteiger partial charge in [-0.2, -0.15) is 0 Å². The molecule has 0 amide bonds. The molecule has 0 radical (unpaired) electrons. The molecule has 0 saturated carbocycles. The van der Waals surface area contributed by atoms with Gasteiger partial charge in [0.25, 0.3) is 0 Å². The zero-order valence-corrected chi connectivity index (χ0v) is 26.4. The van der Waals surface area contributed by atoms with Gasteiger partial charge in [0.15, 0.2) is 0 Å². The molecule has 1 saturated heterocycles. The molecule has 4 aromatic heterocycles. The second kappa shape index (κ2) is 14.8. The van der Waals surface area contributed by atoms with Crippen molar-refractivity contribution >= 4 is 79.3 Å². The summed E-state index contributed by atoms with van der Waals surface area (Å²) in [6.45, 7) is 19.6. The van der Waals surface area contributed by atoms with Gasteiger partial charge >= 0.3 is 31.9 Å². The van der Waals surface area contributed by atoms with Gasteiger partial charge in [-0.1, -0.05) is 31.1 Å². The van der Waals surface area contributed by atoms with E-state index in [4.69, 9.17) is 26.0 Å². The van der Waals surface area contributed by atoms with E-state index in [1.165, 1.54) is 23.6 Å². The minimum atomic E-state index is -1.20. The first-order chi connectivity index (χ1) is 18.5. The van der Waals surface area contributed by atoms with Gasteiger partial charge in [-0.3, -0.25) is 9.97 Å². The Kier molecular flexibility index (Phi) is 13.2. The van der Waals surface area contributed by atoms with Crippen LogP contribution in [0, 0.1) is 0 Å². The summed E-state index contributed by atoms with van der Waals surface area (Å²) in [6, 6.07) is 6.53. The smallest absolute Gasteiger partial charge is 0.544 e. The van der Waals surface area contributed by atoms with E-state index in [0.717, 1.165) is 38.2 Å². The Bertz CT molecular complexity index is 1600. The summed E-state index contributed by atoms with van der Waals surface area (Å²) in [5, 5.41) is 19.9. The number of carbonyl (C=O) groups excluding carboxylic acids is 1. The maximum absolute atomic E-state index is 10.8. The van der Waals surface area contributed by atoms with E-state index in [9.17, 15) is 14.7 Å². The van der Waals surface area contributed by atoms with Gasteiger partial charge in [0.2, 0.25) is 0 Å². The van der Waals surface area contributed by atoms with Gasteiger partial charge in [-0.05, 0) is 76.9 Å². The fourth-order valence-corrected chi connectivity index (χ4v) is 5.60. The van der Waals surface area contributed by atoms with Crippen molar-refractivity contribution in [2.45, 2.75) is 60.2 Å². The number of fused-ring (bicyclic) bond motifs is 2. The van der Waals surface area contributed by atoms with Crippen LogP contribution in [-0.4, -0.2) is 45.3 Å². The maximum Gasteiger partial charge on any atom is 1.00 e. The fourth-order valence-electron chi connectivity index (χ4n) is 3.43. The molecular weight excluding hydrogens is 590 g/mol. The molecule has 1 aliphatic heterocycles. The predicted molar refractivity (Wildman–Crippen MR) is 168 cm³/mol. The van der Waals surface area contributed by atoms with Crippen LogP contribution in [0.25, 0.3) is 26.0 Å². The number of carboxylic acid groups (broad SMARTS) is 2. The standard InChI is InChI=1S/C11H9NO2S.C9H17BO2.C8H4ClNO2S.CH4.Li/c1-6(2)7-3-4-12-8-5-9(11(13)14)15-10(7)8;1-7(2)10-11-8(3,4)9(5,6)12-10;9-4-1-2-10-5-3-6(8(11)12)13-7(4)5;;/h3-5H,1H2,2H3,(H,13,14);1H2,2-6H3;1-3H,(H,11,12);1H4;/q;;;;+1/p-1. The number of carbonyl (C=O) groups is 2. The molecule has 0 unspecified atom stereocenters. The molecule has 0 aliphatic carbocycles. The van der Waals surface area contributed by atoms with E-state index < -0.39 is 11.9 Å². The average molecular weight is 623 g/mol. The Morgan fingerprint density at radius 3 is 1.86 bits per heavy atom. The number of hydrogen-bond donors (Lipinski definition) is 1. The van der Waals surface area contributed by atoms with Crippen LogP contribution in [0.3, 0.4) is 0 Å². The van der Waals surface area contributed by atoms with Crippen molar-refractivity contribution in [3.63, 3.8) is 0 Å². The molecule has 8 nitrogen and oxygen atoms in total. The predicted octanol–water partition coefficient (Wildman–Crippen LogP) is 4.17. The summed E-state index contributed by atoms with van der Waals surface area (Å²) in [4.78, 5) is 29.9. The summed E-state index contributed by atoms with van der Waals surface area (Å²) < 4.78 is 13.0. The number of halogens is 1. The first kappa shape index (κ1) is 37.5. The molecule has 0 aromatic carbocycles. The Hall–Kier alpha value is -2.49. The molecule has 218 valence electrons. The van der Waals surface area contributed by atoms with Crippen LogP contribution in [0.15, 0.2) is 55.3 Å². The molecule has 5 heterocycles. The molecule has 0 bridgehead atoms. The van der Waals surface area contributed by atoms with Crippen molar-refractivity contribution in [1.29, 1.82) is 0 Å². The minimum absolute atomic E-state index is 0. The number of nitrogens with zero attached hydrogens (tertiary/aromatic N) is 2. The average Bonchev–Trinajstić information content (AvgIpc) is 3.54. The zero-order chi connectivity index (χ0) is 30.0. The van der Waals surface area contributed by atoms with E-state index in [-0.39, 0.29) is 49.5 Å². The molecule has 5 rings (SSSR count). The van der Waals surface area contributed by atoms with Crippen LogP contribution in [0.1, 0.15) is 73.9 Å². The van der Waals surface area contributed by atoms with Crippen LogP contribution in [-0.2, 0) is 9.31 Å². The SMILES string of the molecule is C.C=C(C)B1OC(C)(C)C(C)(C)O1.C=C(C)c1ccnc2cc(C(=O)O)sc12.O=C([O-])c1cc2nccc(Cl)c2s1.[Li+]. The number of rotatable bonds is 4. The molecule has 42 heavy (non-hydrogen) atoms. The zero-order valence-electron chi connectivity index (χ0n) is 24.0. The van der Waals surface area contributed by atoms with E-state index in [2.05, 4.69) is 23.1 Å². The fraction of sp³-hybridized carbons (Fsp3) is 0.310. The van der Waals surface area contributed by atoms with Gasteiger partial charge in [0, 0.05) is 12.4 Å². The van der Waals surface area contributed by atoms with Crippen LogP contribution in [0.2, 0.25) is 5.02 Å². The van der Waals surface area contributed by atoms with Crippen LogP contribution >= 0.6 is 34.3 Å². The topological polar surface area (TPSA) is 122 Å². The number of allylic oxidation sites excluding steroid dienone is 2. The molecule has 0 atom stereocenters. The molecule has 1 aliphatic rings. The molecule has 1 fully saturated rings. The Labute approximate surface area is 271 Å². The van der Waals surface area contributed by atoms with Gasteiger partial charge in [0.05, 0.1) is 47.5 Å². The number of aromatic nitrogens is 2. The largest absolute Gasteiger partial charge is 1.00 e. The van der Waals surface area contributed by atoms with Gasteiger partial charge in [0.1, 0.15) is 4.88 Å². The van der Waals surface area contributed by atoms with E-state index >= 15 is 0 Å². The van der Waals surface area contributed by atoms with Crippen molar-refractivity contribution in [2.24, 2.45) is 0 Å². The summed E-state index contributed by atoms with van der Waals surface area (Å²) in [5.41, 5.74) is 3.65. The van der Waals surface area contributed by atoms with Crippen molar-refractivity contribution in [1.82, 2.24) is 9.97 Å². The normalized spacial score (nSPS) is 14.4. The third-order valence-electron chi connectivity index (χ3n) is 6.30. The summed E-state index contributed by atoms with van der Waals surface area (Å²) in [6.07, 6.45) is 3.21. The second-order valence-electron chi connectivity index (χ2n) is 10.1. The maximum atomic E-state index is 10.8. The van der Waals surface area contributed by atoms with E-state index in [0.29, 0.717) is 20.1 Å². The third kappa shape index (κ3) is 8.54. The molecule has 1 N–H and O–H groups in total. The van der Waals surface area contributed by atoms with E-state index in [1.807, 2.05) is 47.6 Å². The molecule has 13 heteroatoms. The Morgan fingerprint density at radius 1 is 0.952 bits per heavy atom. The first-order valence-electron chi connectivity index (χ1n) is 12.1. The number of hydrogen-bond acceptors (Lipinski definition) is 9. The van der Waals surface area contributed by atoms with E-state index in [1.54, 1.807) is 18.3 Å². The number of thiophene rings is 2. The summed E-state index contributed by atoms with van der Waals surface area (Å²) >= 11 is 8.15. The van der Waals surface area contributed by atoms with Crippen molar-refractivity contribution < 1.29 is 48.0 Å². The Balaban J connectivity index is 0.000000310. The quantitative estimate of drug-likeness (QED) is 0.337. The number of carboxylic acids is 2. The Morgan fingerprint density at radius 2 is 1.43 bits per heavy atom. The molecular formula is C29H33BClLiN2O6S2. The minimum Gasteiger partial charge on any atom is -0.544 e. The van der Waals surface area contributed by atoms with Gasteiger partial charge in [-0.25, -0.2) is 4.79 Å². The summed E-state index contributed by atoms with van der Waals surface area (Å²) in [7, 11) is -0.241. The second-order valence-corrected chi connectivity index (χ2v) is 12.6. The number of pyridine rings is 2. The van der Waals surface area contributed by atoms with Gasteiger partial charge < -0.3 is 24.3 Å². The third-order valence-corrected chi connectivity index (χ3v) is 9.01.